The van der Waals surface area contributed by atoms with Gasteiger partial charge in [0.1, 0.15) is 12.4 Å². The lowest BCUT2D eigenvalue weighted by Crippen LogP contribution is -1.95. The average molecular weight is 213 g/mol. The number of nitrogens with two attached hydrogens (primary N) is 1. The van der Waals surface area contributed by atoms with Crippen molar-refractivity contribution in [3.05, 3.63) is 59.7 Å². The smallest absolute Gasteiger partial charge is 0.119 e. The molecule has 0 unspecified atom stereocenters. The van der Waals surface area contributed by atoms with E-state index in [1.54, 1.807) is 0 Å². The fourth-order valence-corrected chi connectivity index (χ4v) is 1.42. The first-order valence-electron chi connectivity index (χ1n) is 5.28. The van der Waals surface area contributed by atoms with Gasteiger partial charge in [0.05, 0.1) is 0 Å². The van der Waals surface area contributed by atoms with Gasteiger partial charge in [-0.1, -0.05) is 29.8 Å². The summed E-state index contributed by atoms with van der Waals surface area (Å²) < 4.78 is 5.63. The van der Waals surface area contributed by atoms with Crippen molar-refractivity contribution in [3.63, 3.8) is 0 Å². The predicted molar refractivity (Wildman–Crippen MR) is 66.4 cm³/mol. The standard InChI is InChI=1S/C14H15NO/c1-11-2-4-12(5-3-11)10-16-14-8-6-13(15)7-9-14/h2-9H,10,15H2,1H3. The van der Waals surface area contributed by atoms with Crippen molar-refractivity contribution >= 4 is 5.69 Å². The van der Waals surface area contributed by atoms with E-state index in [9.17, 15) is 0 Å². The average Bonchev–Trinajstić information content (AvgIpc) is 2.30. The van der Waals surface area contributed by atoms with E-state index in [1.165, 1.54) is 11.1 Å². The molecule has 2 heteroatoms. The van der Waals surface area contributed by atoms with E-state index >= 15 is 0 Å². The Morgan fingerprint density at radius 1 is 0.938 bits per heavy atom. The first-order valence-corrected chi connectivity index (χ1v) is 5.28. The fraction of sp³-hybridized carbons (Fsp3) is 0.143. The van der Waals surface area contributed by atoms with Crippen LogP contribution >= 0.6 is 0 Å². The SMILES string of the molecule is Cc1ccc(COc2ccc(N)cc2)cc1. The first kappa shape index (κ1) is 10.6. The van der Waals surface area contributed by atoms with Crippen LogP contribution in [0.4, 0.5) is 5.69 Å². The number of hydrogen-bond acceptors (Lipinski definition) is 2. The lowest BCUT2D eigenvalue weighted by molar-refractivity contribution is 0.306. The van der Waals surface area contributed by atoms with Gasteiger partial charge in [0.2, 0.25) is 0 Å². The summed E-state index contributed by atoms with van der Waals surface area (Å²) >= 11 is 0. The van der Waals surface area contributed by atoms with Gasteiger partial charge in [-0.25, -0.2) is 0 Å². The summed E-state index contributed by atoms with van der Waals surface area (Å²) in [6.07, 6.45) is 0. The lowest BCUT2D eigenvalue weighted by Gasteiger charge is -2.06. The van der Waals surface area contributed by atoms with Crippen molar-refractivity contribution in [2.45, 2.75) is 13.5 Å². The molecule has 0 aliphatic rings. The van der Waals surface area contributed by atoms with Gasteiger partial charge in [-0.3, -0.25) is 0 Å². The summed E-state index contributed by atoms with van der Waals surface area (Å²) in [4.78, 5) is 0. The van der Waals surface area contributed by atoms with Crippen molar-refractivity contribution in [2.75, 3.05) is 5.73 Å². The number of hydrogen-bond donors (Lipinski definition) is 1. The Kier molecular flexibility index (Phi) is 3.10. The van der Waals surface area contributed by atoms with Crippen LogP contribution in [-0.4, -0.2) is 0 Å². The maximum Gasteiger partial charge on any atom is 0.119 e. The van der Waals surface area contributed by atoms with E-state index in [2.05, 4.69) is 31.2 Å². The number of aryl methyl sites for hydroxylation is 1. The molecule has 2 nitrogen and oxygen atoms in total. The van der Waals surface area contributed by atoms with Gasteiger partial charge in [0, 0.05) is 5.69 Å². The summed E-state index contributed by atoms with van der Waals surface area (Å²) in [7, 11) is 0. The molecule has 0 saturated heterocycles. The molecule has 0 aliphatic carbocycles. The molecule has 16 heavy (non-hydrogen) atoms. The van der Waals surface area contributed by atoms with E-state index in [-0.39, 0.29) is 0 Å². The Balaban J connectivity index is 1.97. The van der Waals surface area contributed by atoms with Crippen LogP contribution in [0.5, 0.6) is 5.75 Å². The molecule has 82 valence electrons. The zero-order chi connectivity index (χ0) is 11.4. The number of benzene rings is 2. The molecular weight excluding hydrogens is 198 g/mol. The summed E-state index contributed by atoms with van der Waals surface area (Å²) in [6.45, 7) is 2.66. The topological polar surface area (TPSA) is 35.2 Å². The molecule has 0 aromatic heterocycles. The second-order valence-electron chi connectivity index (χ2n) is 3.84. The van der Waals surface area contributed by atoms with E-state index in [0.717, 1.165) is 11.4 Å². The summed E-state index contributed by atoms with van der Waals surface area (Å²) in [5, 5.41) is 0. The highest BCUT2D eigenvalue weighted by Gasteiger charge is 1.95. The molecule has 2 rings (SSSR count). The van der Waals surface area contributed by atoms with Crippen molar-refractivity contribution < 1.29 is 4.74 Å². The molecule has 0 amide bonds. The van der Waals surface area contributed by atoms with Crippen LogP contribution < -0.4 is 10.5 Å². The van der Waals surface area contributed by atoms with Crippen LogP contribution in [0.1, 0.15) is 11.1 Å². The summed E-state index contributed by atoms with van der Waals surface area (Å²) in [6, 6.07) is 15.8. The quantitative estimate of drug-likeness (QED) is 0.795. The minimum absolute atomic E-state index is 0.587. The van der Waals surface area contributed by atoms with Crippen LogP contribution in [0.2, 0.25) is 0 Å². The Morgan fingerprint density at radius 3 is 2.19 bits per heavy atom. The Labute approximate surface area is 95.7 Å². The predicted octanol–water partition coefficient (Wildman–Crippen LogP) is 3.16. The highest BCUT2D eigenvalue weighted by molar-refractivity contribution is 5.41. The second kappa shape index (κ2) is 4.71. The van der Waals surface area contributed by atoms with E-state index in [4.69, 9.17) is 10.5 Å². The molecule has 0 saturated carbocycles. The molecule has 2 N–H and O–H groups in total. The zero-order valence-electron chi connectivity index (χ0n) is 9.31. The van der Waals surface area contributed by atoms with E-state index < -0.39 is 0 Å². The van der Waals surface area contributed by atoms with Gasteiger partial charge >= 0.3 is 0 Å². The van der Waals surface area contributed by atoms with Gasteiger partial charge in [-0.05, 0) is 36.8 Å². The molecule has 0 fully saturated rings. The first-order chi connectivity index (χ1) is 7.74. The van der Waals surface area contributed by atoms with Crippen LogP contribution in [-0.2, 0) is 6.61 Å². The third kappa shape index (κ3) is 2.76. The number of ether oxygens (including phenoxy) is 1. The van der Waals surface area contributed by atoms with Gasteiger partial charge in [-0.2, -0.15) is 0 Å². The third-order valence-corrected chi connectivity index (χ3v) is 2.41. The van der Waals surface area contributed by atoms with Gasteiger partial charge in [0.25, 0.3) is 0 Å². The lowest BCUT2D eigenvalue weighted by atomic mass is 10.2. The summed E-state index contributed by atoms with van der Waals surface area (Å²) in [5.74, 6) is 0.842. The van der Waals surface area contributed by atoms with Crippen LogP contribution in [0.15, 0.2) is 48.5 Å². The van der Waals surface area contributed by atoms with Crippen molar-refractivity contribution in [1.29, 1.82) is 0 Å². The molecular formula is C14H15NO. The van der Waals surface area contributed by atoms with Gasteiger partial charge in [-0.15, -0.1) is 0 Å². The van der Waals surface area contributed by atoms with Crippen molar-refractivity contribution in [2.24, 2.45) is 0 Å². The normalized spacial score (nSPS) is 10.1. The molecule has 0 radical (unpaired) electrons. The maximum atomic E-state index is 5.63. The Bertz CT molecular complexity index is 400. The molecule has 0 aliphatic heterocycles. The third-order valence-electron chi connectivity index (χ3n) is 2.41. The van der Waals surface area contributed by atoms with Crippen LogP contribution in [0.25, 0.3) is 0 Å². The molecule has 2 aromatic carbocycles. The molecule has 0 spiro atoms. The molecule has 2 aromatic rings. The van der Waals surface area contributed by atoms with Gasteiger partial charge < -0.3 is 10.5 Å². The summed E-state index contributed by atoms with van der Waals surface area (Å²) in [5.41, 5.74) is 8.78. The molecule has 0 bridgehead atoms. The van der Waals surface area contributed by atoms with E-state index in [1.807, 2.05) is 24.3 Å². The Hall–Kier alpha value is -1.96. The highest BCUT2D eigenvalue weighted by atomic mass is 16.5. The van der Waals surface area contributed by atoms with Crippen molar-refractivity contribution in [3.8, 4) is 5.75 Å². The molecule has 0 atom stereocenters. The van der Waals surface area contributed by atoms with Crippen LogP contribution in [0.3, 0.4) is 0 Å². The monoisotopic (exact) mass is 213 g/mol. The minimum Gasteiger partial charge on any atom is -0.489 e. The number of anilines is 1. The molecule has 0 heterocycles. The Morgan fingerprint density at radius 2 is 1.56 bits per heavy atom. The highest BCUT2D eigenvalue weighted by Crippen LogP contribution is 2.15. The largest absolute Gasteiger partial charge is 0.489 e. The number of nitrogen functional groups attached to an aromatic ring is 1. The van der Waals surface area contributed by atoms with Crippen LogP contribution in [0, 0.1) is 6.92 Å². The zero-order valence-corrected chi connectivity index (χ0v) is 9.31. The minimum atomic E-state index is 0.587. The van der Waals surface area contributed by atoms with E-state index in [0.29, 0.717) is 6.61 Å². The second-order valence-corrected chi connectivity index (χ2v) is 3.84. The van der Waals surface area contributed by atoms with Crippen molar-refractivity contribution in [1.82, 2.24) is 0 Å². The van der Waals surface area contributed by atoms with Gasteiger partial charge in [0.15, 0.2) is 0 Å². The number of rotatable bonds is 3. The fourth-order valence-electron chi connectivity index (χ4n) is 1.42. The maximum absolute atomic E-state index is 5.63.